The fourth-order valence-corrected chi connectivity index (χ4v) is 5.80. The van der Waals surface area contributed by atoms with E-state index in [4.69, 9.17) is 11.6 Å². The molecular weight excluding hydrogens is 364 g/mol. The van der Waals surface area contributed by atoms with Crippen molar-refractivity contribution in [2.75, 3.05) is 32.7 Å². The summed E-state index contributed by atoms with van der Waals surface area (Å²) in [6.07, 6.45) is 0.952. The predicted octanol–water partition coefficient (Wildman–Crippen LogP) is 3.26. The highest BCUT2D eigenvalue weighted by atomic mass is 35.5. The van der Waals surface area contributed by atoms with Crippen LogP contribution in [0, 0.1) is 6.92 Å². The summed E-state index contributed by atoms with van der Waals surface area (Å²) in [5, 5.41) is 0.751. The van der Waals surface area contributed by atoms with Gasteiger partial charge in [-0.3, -0.25) is 0 Å². The Morgan fingerprint density at radius 3 is 2.29 bits per heavy atom. The molecule has 0 aliphatic carbocycles. The van der Waals surface area contributed by atoms with E-state index in [9.17, 15) is 8.42 Å². The maximum atomic E-state index is 12.6. The van der Waals surface area contributed by atoms with Crippen molar-refractivity contribution in [2.45, 2.75) is 17.6 Å². The minimum absolute atomic E-state index is 0.453. The van der Waals surface area contributed by atoms with Crippen molar-refractivity contribution in [2.24, 2.45) is 0 Å². The van der Waals surface area contributed by atoms with Gasteiger partial charge in [-0.1, -0.05) is 23.7 Å². The third-order valence-electron chi connectivity index (χ3n) is 4.27. The molecule has 0 saturated carbocycles. The first kappa shape index (κ1) is 17.9. The SMILES string of the molecule is Cc1ccc(S(=O)(=O)N2CCN(CCc3ccc(Cl)cc3)CC2)s1. The molecule has 3 rings (SSSR count). The summed E-state index contributed by atoms with van der Waals surface area (Å²) < 4.78 is 27.3. The van der Waals surface area contributed by atoms with Gasteiger partial charge in [-0.25, -0.2) is 8.42 Å². The fraction of sp³-hybridized carbons (Fsp3) is 0.412. The molecule has 24 heavy (non-hydrogen) atoms. The van der Waals surface area contributed by atoms with E-state index in [1.807, 2.05) is 37.3 Å². The van der Waals surface area contributed by atoms with Gasteiger partial charge < -0.3 is 4.90 Å². The monoisotopic (exact) mass is 384 g/mol. The second-order valence-corrected chi connectivity index (χ2v) is 9.88. The van der Waals surface area contributed by atoms with Gasteiger partial charge in [0, 0.05) is 42.6 Å². The molecule has 0 bridgehead atoms. The normalized spacial score (nSPS) is 17.2. The third kappa shape index (κ3) is 4.18. The number of hydrogen-bond acceptors (Lipinski definition) is 4. The van der Waals surface area contributed by atoms with E-state index in [0.717, 1.165) is 36.0 Å². The van der Waals surface area contributed by atoms with E-state index in [0.29, 0.717) is 17.3 Å². The van der Waals surface area contributed by atoms with Gasteiger partial charge in [0.05, 0.1) is 0 Å². The number of thiophene rings is 1. The number of nitrogens with zero attached hydrogens (tertiary/aromatic N) is 2. The van der Waals surface area contributed by atoms with Crippen molar-refractivity contribution in [3.05, 3.63) is 51.9 Å². The Kier molecular flexibility index (Phi) is 5.62. The Morgan fingerprint density at radius 1 is 1.04 bits per heavy atom. The maximum Gasteiger partial charge on any atom is 0.252 e. The summed E-state index contributed by atoms with van der Waals surface area (Å²) in [7, 11) is -3.33. The molecule has 2 heterocycles. The zero-order valence-corrected chi connectivity index (χ0v) is 16.0. The van der Waals surface area contributed by atoms with Gasteiger partial charge in [0.2, 0.25) is 0 Å². The standard InChI is InChI=1S/C17H21ClN2O2S2/c1-14-2-7-17(23-14)24(21,22)20-12-10-19(11-13-20)9-8-15-3-5-16(18)6-4-15/h2-7H,8-13H2,1H3. The molecule has 0 N–H and O–H groups in total. The zero-order chi connectivity index (χ0) is 17.2. The van der Waals surface area contributed by atoms with E-state index in [1.54, 1.807) is 10.4 Å². The van der Waals surface area contributed by atoms with Crippen LogP contribution in [-0.2, 0) is 16.4 Å². The van der Waals surface area contributed by atoms with E-state index in [2.05, 4.69) is 4.90 Å². The number of sulfonamides is 1. The largest absolute Gasteiger partial charge is 0.300 e. The van der Waals surface area contributed by atoms with Crippen LogP contribution in [0.1, 0.15) is 10.4 Å². The molecule has 130 valence electrons. The molecule has 7 heteroatoms. The molecular formula is C17H21ClN2O2S2. The Labute approximate surface area is 152 Å². The second kappa shape index (κ2) is 7.54. The minimum Gasteiger partial charge on any atom is -0.300 e. The average Bonchev–Trinajstić information content (AvgIpc) is 3.02. The molecule has 1 fully saturated rings. The first-order valence-corrected chi connectivity index (χ1v) is 10.6. The van der Waals surface area contributed by atoms with Crippen LogP contribution in [0.15, 0.2) is 40.6 Å². The van der Waals surface area contributed by atoms with Crippen LogP contribution in [0.5, 0.6) is 0 Å². The lowest BCUT2D eigenvalue weighted by atomic mass is 10.1. The summed E-state index contributed by atoms with van der Waals surface area (Å²) in [4.78, 5) is 3.34. The van der Waals surface area contributed by atoms with Crippen molar-refractivity contribution in [1.82, 2.24) is 9.21 Å². The summed E-state index contributed by atoms with van der Waals surface area (Å²) in [6.45, 7) is 5.53. The lowest BCUT2D eigenvalue weighted by Crippen LogP contribution is -2.48. The molecule has 1 aromatic carbocycles. The highest BCUT2D eigenvalue weighted by molar-refractivity contribution is 7.91. The van der Waals surface area contributed by atoms with Crippen molar-refractivity contribution in [1.29, 1.82) is 0 Å². The Bertz CT molecular complexity index is 779. The quantitative estimate of drug-likeness (QED) is 0.794. The molecule has 1 aliphatic rings. The number of rotatable bonds is 5. The average molecular weight is 385 g/mol. The van der Waals surface area contributed by atoms with Crippen molar-refractivity contribution >= 4 is 33.0 Å². The molecule has 0 radical (unpaired) electrons. The number of piperazine rings is 1. The van der Waals surface area contributed by atoms with Gasteiger partial charge >= 0.3 is 0 Å². The number of halogens is 1. The van der Waals surface area contributed by atoms with Gasteiger partial charge in [0.15, 0.2) is 0 Å². The maximum absolute atomic E-state index is 12.6. The lowest BCUT2D eigenvalue weighted by molar-refractivity contribution is 0.190. The molecule has 1 saturated heterocycles. The van der Waals surface area contributed by atoms with E-state index >= 15 is 0 Å². The van der Waals surface area contributed by atoms with Crippen molar-refractivity contribution < 1.29 is 8.42 Å². The topological polar surface area (TPSA) is 40.6 Å². The lowest BCUT2D eigenvalue weighted by Gasteiger charge is -2.33. The van der Waals surface area contributed by atoms with Gasteiger partial charge in [-0.15, -0.1) is 11.3 Å². The molecule has 0 unspecified atom stereocenters. The van der Waals surface area contributed by atoms with Gasteiger partial charge in [0.25, 0.3) is 10.0 Å². The van der Waals surface area contributed by atoms with Crippen LogP contribution in [0.2, 0.25) is 5.02 Å². The number of hydrogen-bond donors (Lipinski definition) is 0. The number of aryl methyl sites for hydroxylation is 1. The molecule has 2 aromatic rings. The predicted molar refractivity (Wildman–Crippen MR) is 99.4 cm³/mol. The Morgan fingerprint density at radius 2 is 1.71 bits per heavy atom. The number of benzene rings is 1. The summed E-state index contributed by atoms with van der Waals surface area (Å²) in [5.41, 5.74) is 1.25. The first-order chi connectivity index (χ1) is 11.4. The van der Waals surface area contributed by atoms with Gasteiger partial charge in [-0.2, -0.15) is 4.31 Å². The summed E-state index contributed by atoms with van der Waals surface area (Å²) >= 11 is 7.24. The van der Waals surface area contributed by atoms with E-state index in [1.165, 1.54) is 16.9 Å². The van der Waals surface area contributed by atoms with Crippen LogP contribution in [-0.4, -0.2) is 50.3 Å². The second-order valence-electron chi connectivity index (χ2n) is 5.99. The van der Waals surface area contributed by atoms with Gasteiger partial charge in [0.1, 0.15) is 4.21 Å². The van der Waals surface area contributed by atoms with Crippen molar-refractivity contribution in [3.63, 3.8) is 0 Å². The van der Waals surface area contributed by atoms with Crippen LogP contribution in [0.4, 0.5) is 0 Å². The first-order valence-electron chi connectivity index (χ1n) is 7.98. The molecule has 0 atom stereocenters. The fourth-order valence-electron chi connectivity index (χ4n) is 2.81. The summed E-state index contributed by atoms with van der Waals surface area (Å²) in [6, 6.07) is 11.5. The molecule has 0 spiro atoms. The molecule has 1 aliphatic heterocycles. The van der Waals surface area contributed by atoms with Gasteiger partial charge in [-0.05, 0) is 43.2 Å². The smallest absolute Gasteiger partial charge is 0.252 e. The summed E-state index contributed by atoms with van der Waals surface area (Å²) in [5.74, 6) is 0. The minimum atomic E-state index is -3.33. The molecule has 1 aromatic heterocycles. The highest BCUT2D eigenvalue weighted by Gasteiger charge is 2.29. The van der Waals surface area contributed by atoms with E-state index < -0.39 is 10.0 Å². The van der Waals surface area contributed by atoms with Crippen LogP contribution in [0.25, 0.3) is 0 Å². The van der Waals surface area contributed by atoms with Crippen LogP contribution in [0.3, 0.4) is 0 Å². The molecule has 0 amide bonds. The zero-order valence-electron chi connectivity index (χ0n) is 13.6. The van der Waals surface area contributed by atoms with E-state index in [-0.39, 0.29) is 0 Å². The van der Waals surface area contributed by atoms with Crippen molar-refractivity contribution in [3.8, 4) is 0 Å². The van der Waals surface area contributed by atoms with Crippen LogP contribution >= 0.6 is 22.9 Å². The Hall–Kier alpha value is -0.920. The highest BCUT2D eigenvalue weighted by Crippen LogP contribution is 2.25. The molecule has 4 nitrogen and oxygen atoms in total. The Balaban J connectivity index is 1.53. The third-order valence-corrected chi connectivity index (χ3v) is 7.89. The van der Waals surface area contributed by atoms with Crippen LogP contribution < -0.4 is 0 Å².